The van der Waals surface area contributed by atoms with Gasteiger partial charge in [-0.2, -0.15) is 10.5 Å². The molecule has 3 heterocycles. The van der Waals surface area contributed by atoms with Crippen molar-refractivity contribution in [1.82, 2.24) is 0 Å². The van der Waals surface area contributed by atoms with E-state index < -0.39 is 7.12 Å². The second-order valence-corrected chi connectivity index (χ2v) is 11.4. The summed E-state index contributed by atoms with van der Waals surface area (Å²) in [5.41, 5.74) is 3.45. The third-order valence-corrected chi connectivity index (χ3v) is 7.94. The largest absolute Gasteiger partial charge is 0.494 e. The molecule has 0 amide bonds. The summed E-state index contributed by atoms with van der Waals surface area (Å²) < 4.78 is 23.7. The van der Waals surface area contributed by atoms with Gasteiger partial charge in [0, 0.05) is 30.7 Å². The van der Waals surface area contributed by atoms with Crippen molar-refractivity contribution < 1.29 is 18.8 Å². The summed E-state index contributed by atoms with van der Waals surface area (Å²) in [7, 11) is -0.439. The van der Waals surface area contributed by atoms with Crippen LogP contribution in [0.2, 0.25) is 0 Å². The predicted octanol–water partition coefficient (Wildman–Crippen LogP) is 3.85. The van der Waals surface area contributed by atoms with Gasteiger partial charge in [-0.05, 0) is 63.5 Å². The highest BCUT2D eigenvalue weighted by atomic mass is 79.9. The van der Waals surface area contributed by atoms with Crippen molar-refractivity contribution in [2.24, 2.45) is 0 Å². The van der Waals surface area contributed by atoms with E-state index in [0.29, 0.717) is 24.3 Å². The number of benzene rings is 2. The van der Waals surface area contributed by atoms with Crippen molar-refractivity contribution in [3.05, 3.63) is 52.0 Å². The zero-order valence-electron chi connectivity index (χ0n) is 22.5. The van der Waals surface area contributed by atoms with Crippen molar-refractivity contribution in [2.75, 3.05) is 62.4 Å². The van der Waals surface area contributed by atoms with Gasteiger partial charge >= 0.3 is 7.12 Å². The average molecular weight is 581 g/mol. The van der Waals surface area contributed by atoms with E-state index in [1.54, 1.807) is 0 Å². The van der Waals surface area contributed by atoms with Gasteiger partial charge in [-0.25, -0.2) is 0 Å². The Kier molecular flexibility index (Phi) is 9.02. The highest BCUT2D eigenvalue weighted by molar-refractivity contribution is 9.10. The molecule has 3 aliphatic rings. The van der Waals surface area contributed by atoms with Crippen LogP contribution in [0.1, 0.15) is 38.8 Å². The summed E-state index contributed by atoms with van der Waals surface area (Å²) in [6.45, 7) is 14.3. The van der Waals surface area contributed by atoms with Gasteiger partial charge in [0.2, 0.25) is 0 Å². The van der Waals surface area contributed by atoms with Gasteiger partial charge in [-0.15, -0.1) is 0 Å². The number of morpholine rings is 2. The first-order valence-electron chi connectivity index (χ1n) is 12.9. The Morgan fingerprint density at radius 1 is 0.737 bits per heavy atom. The fourth-order valence-electron chi connectivity index (χ4n) is 4.53. The van der Waals surface area contributed by atoms with Crippen LogP contribution in [0.5, 0.6) is 0 Å². The van der Waals surface area contributed by atoms with Crippen LogP contribution in [0, 0.1) is 22.7 Å². The minimum absolute atomic E-state index is 0.382. The third kappa shape index (κ3) is 6.34. The summed E-state index contributed by atoms with van der Waals surface area (Å²) in [6, 6.07) is 16.2. The molecule has 3 aliphatic heterocycles. The molecule has 2 aromatic rings. The van der Waals surface area contributed by atoms with Gasteiger partial charge in [-0.3, -0.25) is 0 Å². The van der Waals surface area contributed by atoms with Crippen molar-refractivity contribution in [3.63, 3.8) is 0 Å². The number of halogens is 1. The molecular formula is C28H34BBrN4O4. The van der Waals surface area contributed by atoms with Gasteiger partial charge in [0.15, 0.2) is 0 Å². The first-order chi connectivity index (χ1) is 18.1. The maximum absolute atomic E-state index is 9.53. The highest BCUT2D eigenvalue weighted by Crippen LogP contribution is 2.36. The fraction of sp³-hybridized carbons (Fsp3) is 0.500. The van der Waals surface area contributed by atoms with Crippen LogP contribution in [0.25, 0.3) is 0 Å². The van der Waals surface area contributed by atoms with E-state index in [2.05, 4.69) is 37.9 Å². The Morgan fingerprint density at radius 3 is 1.66 bits per heavy atom. The lowest BCUT2D eigenvalue weighted by molar-refractivity contribution is 0.00578. The van der Waals surface area contributed by atoms with Gasteiger partial charge in [0.05, 0.1) is 60.1 Å². The van der Waals surface area contributed by atoms with Crippen molar-refractivity contribution in [1.29, 1.82) is 10.5 Å². The monoisotopic (exact) mass is 580 g/mol. The van der Waals surface area contributed by atoms with E-state index in [-0.39, 0.29) is 11.2 Å². The summed E-state index contributed by atoms with van der Waals surface area (Å²) in [5, 5.41) is 18.6. The van der Waals surface area contributed by atoms with E-state index in [4.69, 9.17) is 24.0 Å². The number of ether oxygens (including phenoxy) is 2. The minimum Gasteiger partial charge on any atom is -0.399 e. The van der Waals surface area contributed by atoms with Crippen LogP contribution in [0.15, 0.2) is 40.9 Å². The number of hydrogen-bond acceptors (Lipinski definition) is 8. The molecule has 0 radical (unpaired) electrons. The molecule has 0 bridgehead atoms. The molecule has 3 fully saturated rings. The SMILES string of the molecule is CC1(C)OB(c2ccc(N3CCOCC3)c(C#N)c2)OC1(C)C.N#Cc1cc(Br)ccc1N1CCOCC1. The van der Waals surface area contributed by atoms with Gasteiger partial charge in [0.1, 0.15) is 12.1 Å². The standard InChI is InChI=1S/C17H23BN2O3.C11H11BrN2O/c1-16(2)17(3,4)23-18(22-16)14-5-6-15(13(11-14)12-19)20-7-9-21-10-8-20;12-10-1-2-11(9(7-10)8-13)14-3-5-15-6-4-14/h5-6,11H,7-10H2,1-4H3;1-2,7H,3-6H2. The van der Waals surface area contributed by atoms with Gasteiger partial charge in [0.25, 0.3) is 0 Å². The van der Waals surface area contributed by atoms with Crippen LogP contribution in [-0.2, 0) is 18.8 Å². The Balaban J connectivity index is 0.000000194. The zero-order valence-corrected chi connectivity index (χ0v) is 24.1. The Labute approximate surface area is 234 Å². The van der Waals surface area contributed by atoms with Crippen molar-refractivity contribution in [2.45, 2.75) is 38.9 Å². The van der Waals surface area contributed by atoms with Crippen LogP contribution >= 0.6 is 15.9 Å². The summed E-state index contributed by atoms with van der Waals surface area (Å²) in [5.74, 6) is 0. The maximum Gasteiger partial charge on any atom is 0.494 e. The fourth-order valence-corrected chi connectivity index (χ4v) is 4.89. The molecule has 200 valence electrons. The highest BCUT2D eigenvalue weighted by Gasteiger charge is 2.51. The Bertz CT molecular complexity index is 1200. The second kappa shape index (κ2) is 12.1. The zero-order chi connectivity index (χ0) is 27.3. The maximum atomic E-state index is 9.53. The third-order valence-electron chi connectivity index (χ3n) is 7.45. The van der Waals surface area contributed by atoms with Crippen molar-refractivity contribution in [3.8, 4) is 12.1 Å². The number of hydrogen-bond donors (Lipinski definition) is 0. The first-order valence-corrected chi connectivity index (χ1v) is 13.7. The molecule has 0 N–H and O–H groups in total. The molecule has 0 aromatic heterocycles. The molecule has 0 saturated carbocycles. The lowest BCUT2D eigenvalue weighted by Gasteiger charge is -2.32. The van der Waals surface area contributed by atoms with E-state index >= 15 is 0 Å². The average Bonchev–Trinajstić information content (AvgIpc) is 3.16. The summed E-state index contributed by atoms with van der Waals surface area (Å²) in [6.07, 6.45) is 0. The smallest absolute Gasteiger partial charge is 0.399 e. The number of rotatable bonds is 3. The van der Waals surface area contributed by atoms with Gasteiger partial charge < -0.3 is 28.6 Å². The van der Waals surface area contributed by atoms with Gasteiger partial charge in [-0.1, -0.05) is 22.0 Å². The van der Waals surface area contributed by atoms with E-state index in [1.165, 1.54) is 0 Å². The lowest BCUT2D eigenvalue weighted by Crippen LogP contribution is -2.41. The number of anilines is 2. The molecule has 5 rings (SSSR count). The first kappa shape index (κ1) is 28.4. The summed E-state index contributed by atoms with van der Waals surface area (Å²) in [4.78, 5) is 4.38. The molecule has 0 spiro atoms. The normalized spacial score (nSPS) is 20.2. The van der Waals surface area contributed by atoms with Crippen LogP contribution < -0.4 is 15.3 Å². The molecule has 10 heteroatoms. The molecule has 0 atom stereocenters. The van der Waals surface area contributed by atoms with E-state index in [0.717, 1.165) is 60.7 Å². The van der Waals surface area contributed by atoms with E-state index in [1.807, 2.05) is 64.1 Å². The van der Waals surface area contributed by atoms with Crippen molar-refractivity contribution >= 4 is 39.9 Å². The molecular weight excluding hydrogens is 547 g/mol. The van der Waals surface area contributed by atoms with Crippen LogP contribution in [0.3, 0.4) is 0 Å². The van der Waals surface area contributed by atoms with Crippen LogP contribution in [-0.4, -0.2) is 70.9 Å². The predicted molar refractivity (Wildman–Crippen MR) is 152 cm³/mol. The Hall–Kier alpha value is -2.60. The molecule has 0 unspecified atom stereocenters. The quantitative estimate of drug-likeness (QED) is 0.506. The minimum atomic E-state index is -0.439. The second-order valence-electron chi connectivity index (χ2n) is 10.4. The number of nitriles is 2. The molecule has 3 saturated heterocycles. The lowest BCUT2D eigenvalue weighted by atomic mass is 9.78. The molecule has 8 nitrogen and oxygen atoms in total. The van der Waals surface area contributed by atoms with E-state index in [9.17, 15) is 5.26 Å². The molecule has 38 heavy (non-hydrogen) atoms. The molecule has 0 aliphatic carbocycles. The summed E-state index contributed by atoms with van der Waals surface area (Å²) >= 11 is 3.37. The van der Waals surface area contributed by atoms with Crippen LogP contribution in [0.4, 0.5) is 11.4 Å². The molecule has 2 aromatic carbocycles. The Morgan fingerprint density at radius 2 is 1.18 bits per heavy atom. The topological polar surface area (TPSA) is 91.0 Å². The number of nitrogens with zero attached hydrogens (tertiary/aromatic N) is 4.